The number of benzene rings is 4. The Labute approximate surface area is 549 Å². The Hall–Kier alpha value is -8.50. The van der Waals surface area contributed by atoms with Gasteiger partial charge in [0, 0.05) is 84.8 Å². The Bertz CT molecular complexity index is 3540. The van der Waals surface area contributed by atoms with Gasteiger partial charge >= 0.3 is 6.18 Å². The summed E-state index contributed by atoms with van der Waals surface area (Å²) in [6.45, 7) is 1.12. The van der Waals surface area contributed by atoms with Gasteiger partial charge in [-0.25, -0.2) is 4.39 Å². The smallest absolute Gasteiger partial charge is 0.416 e. The molecular formula is C66H79F4N11O11S2. The number of halogens is 4. The number of amides is 9. The lowest BCUT2D eigenvalue weighted by Crippen LogP contribution is -2.59. The predicted molar refractivity (Wildman–Crippen MR) is 345 cm³/mol. The van der Waals surface area contributed by atoms with Crippen molar-refractivity contribution in [3.63, 3.8) is 0 Å². The third kappa shape index (κ3) is 20.0. The number of ketones is 1. The molecular weight excluding hydrogens is 1260 g/mol. The van der Waals surface area contributed by atoms with Crippen molar-refractivity contribution in [2.24, 2.45) is 17.4 Å². The number of hydrogen-bond acceptors (Lipinski definition) is 14. The lowest BCUT2D eigenvalue weighted by atomic mass is 9.92. The molecule has 2 saturated heterocycles. The summed E-state index contributed by atoms with van der Waals surface area (Å²) in [4.78, 5) is 147. The van der Waals surface area contributed by atoms with Crippen molar-refractivity contribution in [3.8, 4) is 5.75 Å². The lowest BCUT2D eigenvalue weighted by Gasteiger charge is -2.31. The molecule has 2 bridgehead atoms. The molecule has 8 atom stereocenters. The molecule has 3 aliphatic heterocycles. The number of alkyl halides is 3. The Morgan fingerprint density at radius 3 is 1.90 bits per heavy atom. The second-order valence-corrected chi connectivity index (χ2v) is 26.0. The number of aromatic nitrogens is 1. The summed E-state index contributed by atoms with van der Waals surface area (Å²) in [6, 6.07) is 12.5. The molecule has 2 fully saturated rings. The average molecular weight is 1340 g/mol. The Morgan fingerprint density at radius 1 is 0.681 bits per heavy atom. The summed E-state index contributed by atoms with van der Waals surface area (Å²) < 4.78 is 56.2. The topological polar surface area (TPSA) is 337 Å². The number of fused-ring (bicyclic) bond motifs is 5. The van der Waals surface area contributed by atoms with E-state index in [1.807, 2.05) is 24.3 Å². The molecule has 0 radical (unpaired) electrons. The van der Waals surface area contributed by atoms with E-state index in [2.05, 4.69) is 36.9 Å². The number of rotatable bonds is 11. The van der Waals surface area contributed by atoms with Crippen molar-refractivity contribution in [1.29, 1.82) is 0 Å². The molecule has 0 aliphatic carbocycles. The minimum atomic E-state index is -4.72. The molecule has 8 rings (SSSR count). The van der Waals surface area contributed by atoms with E-state index >= 15 is 4.79 Å². The highest BCUT2D eigenvalue weighted by Gasteiger charge is 2.42. The number of nitrogens with two attached hydrogens (primary N) is 2. The summed E-state index contributed by atoms with van der Waals surface area (Å²) in [5.41, 5.74) is 14.0. The van der Waals surface area contributed by atoms with Gasteiger partial charge in [0.1, 0.15) is 53.9 Å². The van der Waals surface area contributed by atoms with Crippen LogP contribution in [0.25, 0.3) is 10.9 Å². The average Bonchev–Trinajstić information content (AvgIpc) is 2.06. The maximum Gasteiger partial charge on any atom is 0.416 e. The van der Waals surface area contributed by atoms with Crippen molar-refractivity contribution in [3.05, 3.63) is 136 Å². The number of Topliss-reactive ketones (excluding diaryl/α,β-unsaturated/α-hetero) is 1. The van der Waals surface area contributed by atoms with Gasteiger partial charge in [0.25, 0.3) is 0 Å². The fourth-order valence-electron chi connectivity index (χ4n) is 11.7. The summed E-state index contributed by atoms with van der Waals surface area (Å²) >= 11 is 2.82. The quantitative estimate of drug-likeness (QED) is 0.0649. The SMILES string of the molecule is C[C@@H]1NC(=O)[C@@H]2CCCN2C(=O)[C@H](Cc2ccc(C(F)(F)F)cc2)NC(=O)[C@H](Cc2c[nH]c3ccc(F)cc23)CC(=O)CNC(=O)[C@H](CCCCN)NC(=O)CCSCc2cccc(c2)CSC[C@@H](C(N)=O)NC(=O)[C@@H]2CCCN2C(=O)[C@H](Cc2ccc(O)cc2)NC1=O. The monoisotopic (exact) mass is 1340 g/mol. The van der Waals surface area contributed by atoms with Gasteiger partial charge in [0.15, 0.2) is 5.78 Å². The van der Waals surface area contributed by atoms with Crippen molar-refractivity contribution >= 4 is 93.4 Å². The molecule has 1 aromatic heterocycles. The lowest BCUT2D eigenvalue weighted by molar-refractivity contribution is -0.143. The van der Waals surface area contributed by atoms with Crippen molar-refractivity contribution in [1.82, 2.24) is 46.7 Å². The maximum absolute atomic E-state index is 15.1. The van der Waals surface area contributed by atoms with Gasteiger partial charge in [-0.3, -0.25) is 47.9 Å². The van der Waals surface area contributed by atoms with E-state index in [9.17, 15) is 65.8 Å². The van der Waals surface area contributed by atoms with Gasteiger partial charge in [-0.2, -0.15) is 36.7 Å². The number of hydrogen-bond donors (Lipinski definition) is 10. The Morgan fingerprint density at radius 2 is 1.29 bits per heavy atom. The van der Waals surface area contributed by atoms with E-state index in [4.69, 9.17) is 11.5 Å². The van der Waals surface area contributed by atoms with Crippen molar-refractivity contribution < 1.29 is 70.6 Å². The predicted octanol–water partition coefficient (Wildman–Crippen LogP) is 4.36. The zero-order valence-electron chi connectivity index (χ0n) is 51.9. The largest absolute Gasteiger partial charge is 0.508 e. The van der Waals surface area contributed by atoms with Gasteiger partial charge in [0.2, 0.25) is 53.2 Å². The van der Waals surface area contributed by atoms with E-state index in [0.29, 0.717) is 65.1 Å². The molecule has 504 valence electrons. The number of primary amides is 1. The molecule has 0 saturated carbocycles. The van der Waals surface area contributed by atoms with Crippen LogP contribution in [0.3, 0.4) is 0 Å². The molecule has 22 nitrogen and oxygen atoms in total. The molecule has 28 heteroatoms. The van der Waals surface area contributed by atoms with E-state index in [1.165, 1.54) is 76.8 Å². The van der Waals surface area contributed by atoms with Crippen LogP contribution in [-0.2, 0) is 84.9 Å². The first-order valence-corrected chi connectivity index (χ1v) is 33.6. The van der Waals surface area contributed by atoms with Crippen LogP contribution in [0.1, 0.15) is 98.1 Å². The Balaban J connectivity index is 1.09. The number of unbranched alkanes of at least 4 members (excludes halogenated alkanes) is 1. The number of H-pyrrole nitrogens is 1. The number of nitrogens with one attached hydrogen (secondary N) is 7. The molecule has 4 heterocycles. The minimum absolute atomic E-state index is 0.0332. The van der Waals surface area contributed by atoms with Crippen LogP contribution in [0.5, 0.6) is 5.75 Å². The van der Waals surface area contributed by atoms with E-state index < -0.39 is 144 Å². The molecule has 3 aliphatic rings. The molecule has 12 N–H and O–H groups in total. The number of carbonyl (C=O) groups excluding carboxylic acids is 10. The van der Waals surface area contributed by atoms with Crippen LogP contribution in [-0.4, -0.2) is 159 Å². The fourth-order valence-corrected chi connectivity index (χ4v) is 13.7. The van der Waals surface area contributed by atoms with E-state index in [-0.39, 0.29) is 75.1 Å². The Kier molecular flexibility index (Phi) is 25.5. The van der Waals surface area contributed by atoms with Gasteiger partial charge in [-0.15, -0.1) is 0 Å². The molecule has 4 aromatic carbocycles. The van der Waals surface area contributed by atoms with Crippen LogP contribution in [0.15, 0.2) is 97.2 Å². The molecule has 5 aromatic rings. The fraction of sp³-hybridized carbons (Fsp3) is 0.455. The number of thioether (sulfide) groups is 2. The van der Waals surface area contributed by atoms with E-state index in [0.717, 1.165) is 35.4 Å². The van der Waals surface area contributed by atoms with Crippen LogP contribution in [0.4, 0.5) is 17.6 Å². The summed E-state index contributed by atoms with van der Waals surface area (Å²) in [7, 11) is 0. The molecule has 9 amide bonds. The number of aromatic hydroxyl groups is 1. The summed E-state index contributed by atoms with van der Waals surface area (Å²) in [5.74, 6) is -7.82. The summed E-state index contributed by atoms with van der Waals surface area (Å²) in [5, 5.41) is 26.7. The normalized spacial score (nSPS) is 23.7. The van der Waals surface area contributed by atoms with Gasteiger partial charge < -0.3 is 63.3 Å². The maximum atomic E-state index is 15.1. The number of carbonyl (C=O) groups is 10. The van der Waals surface area contributed by atoms with Gasteiger partial charge in [0.05, 0.1) is 12.1 Å². The second-order valence-electron chi connectivity index (χ2n) is 23.9. The van der Waals surface area contributed by atoms with Crippen LogP contribution in [0, 0.1) is 11.7 Å². The molecule has 0 spiro atoms. The van der Waals surface area contributed by atoms with Crippen LogP contribution >= 0.6 is 23.5 Å². The zero-order chi connectivity index (χ0) is 67.6. The first-order valence-electron chi connectivity index (χ1n) is 31.3. The zero-order valence-corrected chi connectivity index (χ0v) is 53.5. The van der Waals surface area contributed by atoms with Gasteiger partial charge in [-0.1, -0.05) is 48.5 Å². The van der Waals surface area contributed by atoms with Gasteiger partial charge in [-0.05, 0) is 135 Å². The third-order valence-corrected chi connectivity index (χ3v) is 18.9. The highest BCUT2D eigenvalue weighted by atomic mass is 32.2. The van der Waals surface area contributed by atoms with E-state index in [1.54, 1.807) is 12.1 Å². The first kappa shape index (κ1) is 71.4. The number of nitrogens with zero attached hydrogens (tertiary/aromatic N) is 2. The number of phenolic OH excluding ortho intramolecular Hbond substituents is 1. The van der Waals surface area contributed by atoms with Crippen LogP contribution < -0.4 is 43.4 Å². The second kappa shape index (κ2) is 33.6. The van der Waals surface area contributed by atoms with Crippen molar-refractivity contribution in [2.45, 2.75) is 144 Å². The number of phenols is 1. The summed E-state index contributed by atoms with van der Waals surface area (Å²) in [6.07, 6.45) is -2.40. The number of aromatic amines is 1. The highest BCUT2D eigenvalue weighted by molar-refractivity contribution is 7.98. The molecule has 94 heavy (non-hydrogen) atoms. The van der Waals surface area contributed by atoms with Crippen molar-refractivity contribution in [2.75, 3.05) is 37.7 Å². The standard InChI is InChI=1S/C66H79F4N11O11S2/c1-38-59(86)77-52(29-40-14-19-47(82)20-15-40)64(91)81-25-6-11-56(81)63(90)79-54(58(72)85)37-94-36-42-8-4-7-41(27-42)35-93-26-22-57(84)76-51(9-2-3-23-71)61(88)74-34-48(83)31-43(30-44-33-73-50-21-18-46(67)32-49(44)50)60(87)78-53(28-39-12-16-45(17-13-39)66(68,69)70)65(92)80-24-5-10-55(80)62(89)75-38/h4,7-8,12-21,27,32-33,38,43,51-56,73,82H,2-3,5-6,9-11,22-26,28-31,34-37,71H2,1H3,(H2,72,85)(H,74,88)(H,75,89)(H,76,84)(H,77,86)(H,78,87)(H,79,90)/t38-,43+,51-,52-,53-,54-,55-,56-/m0/s1. The van der Waals surface area contributed by atoms with Crippen LogP contribution in [0.2, 0.25) is 0 Å². The highest BCUT2D eigenvalue weighted by Crippen LogP contribution is 2.31. The third-order valence-electron chi connectivity index (χ3n) is 16.8. The minimum Gasteiger partial charge on any atom is -0.508 e. The first-order chi connectivity index (χ1) is 44.9. The molecule has 0 unspecified atom stereocenters.